The van der Waals surface area contributed by atoms with Crippen LogP contribution < -0.4 is 5.73 Å². The Bertz CT molecular complexity index is 636. The largest absolute Gasteiger partial charge is 0.393 e. The van der Waals surface area contributed by atoms with Gasteiger partial charge in [0.05, 0.1) is 9.82 Å². The summed E-state index contributed by atoms with van der Waals surface area (Å²) in [5.41, 5.74) is 9.45. The summed E-state index contributed by atoms with van der Waals surface area (Å²) in [5.74, 6) is 0.687. The highest BCUT2D eigenvalue weighted by molar-refractivity contribution is 7.98. The highest BCUT2D eigenvalue weighted by Crippen LogP contribution is 2.35. The van der Waals surface area contributed by atoms with Crippen molar-refractivity contribution in [1.29, 1.82) is 0 Å². The van der Waals surface area contributed by atoms with Crippen molar-refractivity contribution < 1.29 is 4.92 Å². The lowest BCUT2D eigenvalue weighted by molar-refractivity contribution is -0.386. The molecule has 2 N–H and O–H groups in total. The molecule has 0 unspecified atom stereocenters. The summed E-state index contributed by atoms with van der Waals surface area (Å²) in [4.78, 5) is 11.3. The molecule has 0 spiro atoms. The highest BCUT2D eigenvalue weighted by atomic mass is 32.2. The van der Waals surface area contributed by atoms with E-state index < -0.39 is 4.92 Å². The molecule has 0 aliphatic rings. The number of nitrogen functional groups attached to an aromatic ring is 1. The Morgan fingerprint density at radius 3 is 2.45 bits per heavy atom. The Labute approximate surface area is 122 Å². The van der Waals surface area contributed by atoms with Crippen LogP contribution in [0.2, 0.25) is 0 Å². The van der Waals surface area contributed by atoms with Crippen LogP contribution >= 0.6 is 11.8 Å². The number of nitro benzene ring substituents is 1. The summed E-state index contributed by atoms with van der Waals surface area (Å²) in [6, 6.07) is 11.3. The first-order valence-electron chi connectivity index (χ1n) is 6.20. The van der Waals surface area contributed by atoms with Gasteiger partial charge in [-0.1, -0.05) is 35.4 Å². The van der Waals surface area contributed by atoms with Crippen LogP contribution in [0.25, 0.3) is 0 Å². The molecule has 2 aromatic carbocycles. The molecular weight excluding hydrogens is 272 g/mol. The summed E-state index contributed by atoms with van der Waals surface area (Å²) in [6.07, 6.45) is 0. The number of thioether (sulfide) groups is 1. The Kier molecular flexibility index (Phi) is 4.29. The first-order valence-corrected chi connectivity index (χ1v) is 7.19. The fourth-order valence-electron chi connectivity index (χ4n) is 2.16. The molecule has 0 radical (unpaired) electrons. The quantitative estimate of drug-likeness (QED) is 0.398. The van der Waals surface area contributed by atoms with Gasteiger partial charge in [-0.2, -0.15) is 0 Å². The topological polar surface area (TPSA) is 69.2 Å². The van der Waals surface area contributed by atoms with E-state index in [-0.39, 0.29) is 11.4 Å². The van der Waals surface area contributed by atoms with Crippen LogP contribution in [0, 0.1) is 24.0 Å². The molecule has 104 valence electrons. The Balaban J connectivity index is 2.23. The molecule has 0 heterocycles. The van der Waals surface area contributed by atoms with Crippen molar-refractivity contribution in [3.63, 3.8) is 0 Å². The van der Waals surface area contributed by atoms with E-state index in [1.54, 1.807) is 18.2 Å². The van der Waals surface area contributed by atoms with Crippen LogP contribution in [0.4, 0.5) is 11.4 Å². The Hall–Kier alpha value is -2.01. The van der Waals surface area contributed by atoms with Crippen molar-refractivity contribution in [3.8, 4) is 0 Å². The van der Waals surface area contributed by atoms with Gasteiger partial charge < -0.3 is 5.73 Å². The number of para-hydroxylation sites is 1. The fourth-order valence-corrected chi connectivity index (χ4v) is 3.16. The second-order valence-electron chi connectivity index (χ2n) is 4.74. The number of benzene rings is 2. The smallest absolute Gasteiger partial charge is 0.305 e. The summed E-state index contributed by atoms with van der Waals surface area (Å²) in [6.45, 7) is 4.09. The third kappa shape index (κ3) is 3.30. The zero-order valence-corrected chi connectivity index (χ0v) is 12.2. The number of aryl methyl sites for hydroxylation is 2. The average molecular weight is 288 g/mol. The monoisotopic (exact) mass is 288 g/mol. The van der Waals surface area contributed by atoms with E-state index in [0.717, 1.165) is 5.56 Å². The first-order chi connectivity index (χ1) is 9.47. The van der Waals surface area contributed by atoms with E-state index in [1.807, 2.05) is 13.8 Å². The number of hydrogen-bond acceptors (Lipinski definition) is 4. The molecule has 0 atom stereocenters. The number of nitro groups is 1. The van der Waals surface area contributed by atoms with Crippen LogP contribution in [0.1, 0.15) is 16.7 Å². The maximum absolute atomic E-state index is 11.1. The number of rotatable bonds is 4. The Morgan fingerprint density at radius 2 is 1.85 bits per heavy atom. The summed E-state index contributed by atoms with van der Waals surface area (Å²) in [5, 5.41) is 11.1. The SMILES string of the molecule is Cc1cc(C)cc(CSc2cccc(N)c2[N+](=O)[O-])c1. The minimum atomic E-state index is -0.418. The van der Waals surface area contributed by atoms with Crippen molar-refractivity contribution in [2.24, 2.45) is 0 Å². The summed E-state index contributed by atoms with van der Waals surface area (Å²) >= 11 is 1.44. The van der Waals surface area contributed by atoms with Gasteiger partial charge in [0.1, 0.15) is 5.69 Å². The number of nitrogens with zero attached hydrogens (tertiary/aromatic N) is 1. The molecule has 0 aliphatic heterocycles. The lowest BCUT2D eigenvalue weighted by Gasteiger charge is -2.07. The van der Waals surface area contributed by atoms with Gasteiger partial charge in [0.25, 0.3) is 0 Å². The molecule has 4 nitrogen and oxygen atoms in total. The average Bonchev–Trinajstić information content (AvgIpc) is 2.34. The molecule has 0 aromatic heterocycles. The molecule has 0 bridgehead atoms. The Morgan fingerprint density at radius 1 is 1.20 bits per heavy atom. The predicted molar refractivity (Wildman–Crippen MR) is 83.0 cm³/mol. The molecular formula is C15H16N2O2S. The van der Waals surface area contributed by atoms with Gasteiger partial charge >= 0.3 is 5.69 Å². The van der Waals surface area contributed by atoms with E-state index in [9.17, 15) is 10.1 Å². The standard InChI is InChI=1S/C15H16N2O2S/c1-10-6-11(2)8-12(7-10)9-20-14-5-3-4-13(16)15(14)17(18)19/h3-8H,9,16H2,1-2H3. The van der Waals surface area contributed by atoms with Crippen molar-refractivity contribution in [2.75, 3.05) is 5.73 Å². The summed E-state index contributed by atoms with van der Waals surface area (Å²) < 4.78 is 0. The second kappa shape index (κ2) is 5.96. The van der Waals surface area contributed by atoms with Crippen molar-refractivity contribution in [1.82, 2.24) is 0 Å². The maximum Gasteiger partial charge on any atom is 0.305 e. The van der Waals surface area contributed by atoms with E-state index in [4.69, 9.17) is 5.73 Å². The number of nitrogens with two attached hydrogens (primary N) is 1. The molecule has 0 saturated carbocycles. The van der Waals surface area contributed by atoms with Gasteiger partial charge in [-0.15, -0.1) is 11.8 Å². The van der Waals surface area contributed by atoms with E-state index in [2.05, 4.69) is 18.2 Å². The molecule has 5 heteroatoms. The van der Waals surface area contributed by atoms with Crippen LogP contribution in [0.15, 0.2) is 41.3 Å². The van der Waals surface area contributed by atoms with Gasteiger partial charge in [0.2, 0.25) is 0 Å². The van der Waals surface area contributed by atoms with Crippen LogP contribution in [-0.2, 0) is 5.75 Å². The third-order valence-corrected chi connectivity index (χ3v) is 4.01. The van der Waals surface area contributed by atoms with Crippen LogP contribution in [-0.4, -0.2) is 4.92 Å². The predicted octanol–water partition coefficient (Wildman–Crippen LogP) is 4.09. The van der Waals surface area contributed by atoms with Crippen LogP contribution in [0.5, 0.6) is 0 Å². The summed E-state index contributed by atoms with van der Waals surface area (Å²) in [7, 11) is 0. The molecule has 20 heavy (non-hydrogen) atoms. The van der Waals surface area contributed by atoms with Crippen molar-refractivity contribution in [2.45, 2.75) is 24.5 Å². The molecule has 2 aromatic rings. The van der Waals surface area contributed by atoms with Crippen LogP contribution in [0.3, 0.4) is 0 Å². The third-order valence-electron chi connectivity index (χ3n) is 2.89. The highest BCUT2D eigenvalue weighted by Gasteiger charge is 2.17. The maximum atomic E-state index is 11.1. The molecule has 2 rings (SSSR count). The van der Waals surface area contributed by atoms with Crippen molar-refractivity contribution >= 4 is 23.1 Å². The zero-order chi connectivity index (χ0) is 14.7. The zero-order valence-electron chi connectivity index (χ0n) is 11.4. The minimum absolute atomic E-state index is 0.00174. The molecule has 0 fully saturated rings. The lowest BCUT2D eigenvalue weighted by Crippen LogP contribution is -1.97. The molecule has 0 amide bonds. The van der Waals surface area contributed by atoms with Gasteiger partial charge in [0, 0.05) is 5.75 Å². The van der Waals surface area contributed by atoms with E-state index >= 15 is 0 Å². The van der Waals surface area contributed by atoms with E-state index in [0.29, 0.717) is 10.6 Å². The van der Waals surface area contributed by atoms with Gasteiger partial charge in [-0.3, -0.25) is 10.1 Å². The van der Waals surface area contributed by atoms with Gasteiger partial charge in [0.15, 0.2) is 0 Å². The van der Waals surface area contributed by atoms with Gasteiger partial charge in [-0.05, 0) is 31.5 Å². The fraction of sp³-hybridized carbons (Fsp3) is 0.200. The van der Waals surface area contributed by atoms with E-state index in [1.165, 1.54) is 22.9 Å². The first kappa shape index (κ1) is 14.4. The lowest BCUT2D eigenvalue weighted by atomic mass is 10.1. The number of anilines is 1. The van der Waals surface area contributed by atoms with Gasteiger partial charge in [-0.25, -0.2) is 0 Å². The van der Waals surface area contributed by atoms with Crippen molar-refractivity contribution in [3.05, 3.63) is 63.2 Å². The molecule has 0 saturated heterocycles. The minimum Gasteiger partial charge on any atom is -0.393 e. The molecule has 0 aliphatic carbocycles. The normalized spacial score (nSPS) is 10.5. The second-order valence-corrected chi connectivity index (χ2v) is 5.75. The number of hydrogen-bond donors (Lipinski definition) is 1.